The van der Waals surface area contributed by atoms with Gasteiger partial charge in [-0.3, -0.25) is 0 Å². The summed E-state index contributed by atoms with van der Waals surface area (Å²) < 4.78 is 15.4. The van der Waals surface area contributed by atoms with Gasteiger partial charge in [-0.2, -0.15) is 4.68 Å². The maximum atomic E-state index is 14.1. The lowest BCUT2D eigenvalue weighted by Gasteiger charge is -2.07. The van der Waals surface area contributed by atoms with Crippen LogP contribution in [0.1, 0.15) is 0 Å². The molecule has 0 amide bonds. The topological polar surface area (TPSA) is 69.6 Å². The molecule has 0 saturated heterocycles. The molecule has 2 N–H and O–H groups in total. The van der Waals surface area contributed by atoms with E-state index in [2.05, 4.69) is 15.5 Å². The molecule has 2 aromatic carbocycles. The van der Waals surface area contributed by atoms with Crippen molar-refractivity contribution in [3.63, 3.8) is 0 Å². The fourth-order valence-corrected chi connectivity index (χ4v) is 2.16. The van der Waals surface area contributed by atoms with Crippen LogP contribution in [0.3, 0.4) is 0 Å². The molecule has 0 aliphatic heterocycles. The molecule has 0 atom stereocenters. The summed E-state index contributed by atoms with van der Waals surface area (Å²) in [6, 6.07) is 9.53. The van der Waals surface area contributed by atoms with Crippen molar-refractivity contribution >= 4 is 28.9 Å². The lowest BCUT2D eigenvalue weighted by Crippen LogP contribution is -2.03. The number of benzene rings is 2. The average Bonchev–Trinajstić information content (AvgIpc) is 2.94. The van der Waals surface area contributed by atoms with E-state index in [9.17, 15) is 4.39 Å². The zero-order valence-electron chi connectivity index (χ0n) is 10.5. The largest absolute Gasteiger partial charge is 0.398 e. The molecule has 0 saturated carbocycles. The van der Waals surface area contributed by atoms with E-state index in [1.54, 1.807) is 24.3 Å². The van der Waals surface area contributed by atoms with Crippen molar-refractivity contribution in [1.29, 1.82) is 0 Å². The average molecular weight is 324 g/mol. The van der Waals surface area contributed by atoms with E-state index in [0.717, 1.165) is 0 Å². The monoisotopic (exact) mass is 323 g/mol. The van der Waals surface area contributed by atoms with Gasteiger partial charge in [0.1, 0.15) is 5.69 Å². The van der Waals surface area contributed by atoms with Gasteiger partial charge in [0, 0.05) is 5.56 Å². The quantitative estimate of drug-likeness (QED) is 0.734. The first kappa shape index (κ1) is 13.8. The smallest absolute Gasteiger partial charge is 0.187 e. The third-order valence-electron chi connectivity index (χ3n) is 2.88. The molecule has 0 bridgehead atoms. The fourth-order valence-electron chi connectivity index (χ4n) is 1.87. The molecular weight excluding hydrogens is 316 g/mol. The van der Waals surface area contributed by atoms with Crippen LogP contribution in [0.15, 0.2) is 36.4 Å². The molecule has 0 aliphatic carbocycles. The van der Waals surface area contributed by atoms with Crippen LogP contribution in [-0.2, 0) is 0 Å². The predicted molar refractivity (Wildman–Crippen MR) is 79.0 cm³/mol. The first-order valence-corrected chi connectivity index (χ1v) is 6.61. The Morgan fingerprint density at radius 3 is 2.67 bits per heavy atom. The van der Waals surface area contributed by atoms with E-state index >= 15 is 0 Å². The Morgan fingerprint density at radius 1 is 1.10 bits per heavy atom. The first-order chi connectivity index (χ1) is 10.1. The number of tetrazole rings is 1. The zero-order chi connectivity index (χ0) is 15.0. The Labute approximate surface area is 129 Å². The molecular formula is C13H8Cl2FN5. The summed E-state index contributed by atoms with van der Waals surface area (Å²) in [5, 5.41) is 11.7. The second-order valence-corrected chi connectivity index (χ2v) is 5.04. The minimum absolute atomic E-state index is 0.00966. The highest BCUT2D eigenvalue weighted by Crippen LogP contribution is 2.28. The van der Waals surface area contributed by atoms with Crippen molar-refractivity contribution in [3.8, 4) is 17.1 Å². The Morgan fingerprint density at radius 2 is 1.90 bits per heavy atom. The van der Waals surface area contributed by atoms with Crippen LogP contribution >= 0.6 is 23.2 Å². The summed E-state index contributed by atoms with van der Waals surface area (Å²) in [6.45, 7) is 0. The van der Waals surface area contributed by atoms with Gasteiger partial charge in [0.15, 0.2) is 11.6 Å². The highest BCUT2D eigenvalue weighted by Gasteiger charge is 2.16. The second-order valence-electron chi connectivity index (χ2n) is 4.22. The number of nitrogens with zero attached hydrogens (tertiary/aromatic N) is 4. The van der Waals surface area contributed by atoms with Crippen LogP contribution in [0.4, 0.5) is 10.1 Å². The van der Waals surface area contributed by atoms with Crippen LogP contribution in [0, 0.1) is 5.82 Å². The first-order valence-electron chi connectivity index (χ1n) is 5.86. The van der Waals surface area contributed by atoms with E-state index in [4.69, 9.17) is 28.9 Å². The molecule has 0 fully saturated rings. The molecule has 0 unspecified atom stereocenters. The summed E-state index contributed by atoms with van der Waals surface area (Å²) in [5.74, 6) is -0.269. The third kappa shape index (κ3) is 2.43. The Hall–Kier alpha value is -2.18. The summed E-state index contributed by atoms with van der Waals surface area (Å²) in [6.07, 6.45) is 0. The Bertz CT molecular complexity index is 818. The van der Waals surface area contributed by atoms with E-state index in [1.165, 1.54) is 16.8 Å². The number of hydrogen-bond donors (Lipinski definition) is 1. The van der Waals surface area contributed by atoms with E-state index in [-0.39, 0.29) is 10.7 Å². The Balaban J connectivity index is 2.17. The van der Waals surface area contributed by atoms with Crippen molar-refractivity contribution in [2.75, 3.05) is 5.73 Å². The highest BCUT2D eigenvalue weighted by atomic mass is 35.5. The molecule has 1 aromatic heterocycles. The molecule has 5 nitrogen and oxygen atoms in total. The van der Waals surface area contributed by atoms with Gasteiger partial charge in [-0.05, 0) is 40.8 Å². The number of halogens is 3. The fraction of sp³-hybridized carbons (Fsp3) is 0. The number of nitrogens with two attached hydrogens (primary N) is 1. The van der Waals surface area contributed by atoms with Crippen LogP contribution in [0.25, 0.3) is 17.1 Å². The van der Waals surface area contributed by atoms with E-state index < -0.39 is 5.82 Å². The molecule has 1 heterocycles. The molecule has 0 radical (unpaired) electrons. The number of hydrogen-bond acceptors (Lipinski definition) is 4. The van der Waals surface area contributed by atoms with Crippen LogP contribution in [0.5, 0.6) is 0 Å². The van der Waals surface area contributed by atoms with Crippen LogP contribution < -0.4 is 5.73 Å². The summed E-state index contributed by atoms with van der Waals surface area (Å²) >= 11 is 11.7. The number of anilines is 1. The maximum Gasteiger partial charge on any atom is 0.187 e. The normalized spacial score (nSPS) is 10.8. The van der Waals surface area contributed by atoms with Gasteiger partial charge in [0.2, 0.25) is 0 Å². The van der Waals surface area contributed by atoms with Gasteiger partial charge in [-0.25, -0.2) is 4.39 Å². The molecule has 0 spiro atoms. The summed E-state index contributed by atoms with van der Waals surface area (Å²) in [4.78, 5) is 0. The second kappa shape index (κ2) is 5.31. The maximum absolute atomic E-state index is 14.1. The lowest BCUT2D eigenvalue weighted by molar-refractivity contribution is 0.608. The summed E-state index contributed by atoms with van der Waals surface area (Å²) in [5.41, 5.74) is 6.91. The lowest BCUT2D eigenvalue weighted by atomic mass is 10.2. The predicted octanol–water partition coefficient (Wildman–Crippen LogP) is 3.36. The molecule has 8 heteroatoms. The van der Waals surface area contributed by atoms with Gasteiger partial charge in [0.25, 0.3) is 0 Å². The Kier molecular flexibility index (Phi) is 3.48. The van der Waals surface area contributed by atoms with Crippen LogP contribution in [0.2, 0.25) is 10.0 Å². The minimum Gasteiger partial charge on any atom is -0.398 e. The van der Waals surface area contributed by atoms with Crippen molar-refractivity contribution in [2.24, 2.45) is 0 Å². The van der Waals surface area contributed by atoms with Gasteiger partial charge in [-0.15, -0.1) is 5.10 Å². The van der Waals surface area contributed by atoms with Crippen molar-refractivity contribution < 1.29 is 4.39 Å². The zero-order valence-corrected chi connectivity index (χ0v) is 12.0. The molecule has 3 rings (SSSR count). The van der Waals surface area contributed by atoms with Gasteiger partial charge >= 0.3 is 0 Å². The van der Waals surface area contributed by atoms with Crippen molar-refractivity contribution in [3.05, 3.63) is 52.3 Å². The number of aromatic nitrogens is 4. The van der Waals surface area contributed by atoms with Gasteiger partial charge < -0.3 is 5.73 Å². The molecule has 3 aromatic rings. The molecule has 0 aliphatic rings. The van der Waals surface area contributed by atoms with Crippen molar-refractivity contribution in [1.82, 2.24) is 20.2 Å². The molecule has 21 heavy (non-hydrogen) atoms. The highest BCUT2D eigenvalue weighted by molar-refractivity contribution is 6.33. The van der Waals surface area contributed by atoms with Gasteiger partial charge in [0.05, 0.1) is 15.7 Å². The van der Waals surface area contributed by atoms with Crippen molar-refractivity contribution in [2.45, 2.75) is 0 Å². The number of nitrogen functional groups attached to an aromatic ring is 1. The SMILES string of the molecule is Nc1cc(-c2nnnn2-c2cccc(Cl)c2F)ccc1Cl. The molecule has 106 valence electrons. The standard InChI is InChI=1S/C13H8Cl2FN5/c14-8-5-4-7(6-10(8)17)13-18-19-20-21(13)11-3-1-2-9(15)12(11)16/h1-6H,17H2. The third-order valence-corrected chi connectivity index (χ3v) is 3.52. The van der Waals surface area contributed by atoms with E-state index in [1.807, 2.05) is 0 Å². The van der Waals surface area contributed by atoms with Gasteiger partial charge in [-0.1, -0.05) is 29.3 Å². The van der Waals surface area contributed by atoms with E-state index in [0.29, 0.717) is 22.1 Å². The summed E-state index contributed by atoms with van der Waals surface area (Å²) in [7, 11) is 0. The number of rotatable bonds is 2. The van der Waals surface area contributed by atoms with Crippen LogP contribution in [-0.4, -0.2) is 20.2 Å². The minimum atomic E-state index is -0.602.